The summed E-state index contributed by atoms with van der Waals surface area (Å²) in [5.41, 5.74) is 4.84. The second-order valence-electron chi connectivity index (χ2n) is 10.8. The minimum Gasteiger partial charge on any atom is -0.325 e. The van der Waals surface area contributed by atoms with E-state index in [1.807, 2.05) is 79.7 Å². The SMILES string of the molecule is CC(=O)c1ccc(NC(=O)C(Sc2ccc(NC(=O)/C(=C/c3cccc(C)c3)NC(=O)c3ccccc3)cc2)c2ccccc2)cc1. The van der Waals surface area contributed by atoms with Gasteiger partial charge in [-0.15, -0.1) is 11.8 Å². The molecule has 234 valence electrons. The molecule has 5 aromatic rings. The molecule has 1 unspecified atom stereocenters. The molecule has 5 rings (SSSR count). The number of ketones is 1. The highest BCUT2D eigenvalue weighted by molar-refractivity contribution is 8.00. The van der Waals surface area contributed by atoms with Crippen LogP contribution in [0, 0.1) is 6.92 Å². The van der Waals surface area contributed by atoms with Crippen molar-refractivity contribution in [2.24, 2.45) is 0 Å². The van der Waals surface area contributed by atoms with Crippen molar-refractivity contribution in [3.8, 4) is 0 Å². The molecule has 0 bridgehead atoms. The molecule has 0 radical (unpaired) electrons. The van der Waals surface area contributed by atoms with Gasteiger partial charge in [-0.2, -0.15) is 0 Å². The van der Waals surface area contributed by atoms with Crippen LogP contribution in [0.4, 0.5) is 11.4 Å². The summed E-state index contributed by atoms with van der Waals surface area (Å²) in [4.78, 5) is 52.4. The van der Waals surface area contributed by atoms with E-state index in [0.29, 0.717) is 22.5 Å². The van der Waals surface area contributed by atoms with Crippen LogP contribution in [-0.4, -0.2) is 23.5 Å². The van der Waals surface area contributed by atoms with Crippen LogP contribution in [-0.2, 0) is 9.59 Å². The maximum Gasteiger partial charge on any atom is 0.272 e. The minimum absolute atomic E-state index is 0.0457. The maximum atomic E-state index is 13.5. The zero-order valence-corrected chi connectivity index (χ0v) is 26.7. The summed E-state index contributed by atoms with van der Waals surface area (Å²) in [6.07, 6.45) is 1.64. The van der Waals surface area contributed by atoms with Gasteiger partial charge in [-0.1, -0.05) is 78.4 Å². The summed E-state index contributed by atoms with van der Waals surface area (Å²) in [7, 11) is 0. The Morgan fingerprint density at radius 3 is 1.91 bits per heavy atom. The van der Waals surface area contributed by atoms with E-state index in [9.17, 15) is 19.2 Å². The van der Waals surface area contributed by atoms with Crippen LogP contribution in [0.5, 0.6) is 0 Å². The summed E-state index contributed by atoms with van der Waals surface area (Å²) in [6, 6.07) is 39.8. The van der Waals surface area contributed by atoms with E-state index in [-0.39, 0.29) is 17.4 Å². The van der Waals surface area contributed by atoms with E-state index in [4.69, 9.17) is 0 Å². The first-order valence-corrected chi connectivity index (χ1v) is 15.8. The Labute approximate surface area is 278 Å². The molecule has 0 saturated heterocycles. The molecular formula is C39H33N3O4S. The molecule has 47 heavy (non-hydrogen) atoms. The van der Waals surface area contributed by atoms with Crippen molar-refractivity contribution >= 4 is 52.7 Å². The van der Waals surface area contributed by atoms with Gasteiger partial charge in [-0.05, 0) is 91.7 Å². The van der Waals surface area contributed by atoms with E-state index in [2.05, 4.69) is 16.0 Å². The molecule has 3 N–H and O–H groups in total. The van der Waals surface area contributed by atoms with Crippen LogP contribution in [0.3, 0.4) is 0 Å². The standard InChI is InChI=1S/C39H33N3O4S/c1-26-10-9-11-28(24-26)25-35(42-37(44)31-14-7-4-8-15-31)38(45)40-33-20-22-34(23-21-33)47-36(30-12-5-3-6-13-30)39(46)41-32-18-16-29(17-19-32)27(2)43/h3-25,36H,1-2H3,(H,40,45)(H,41,46)(H,42,44)/b35-25-. The molecule has 5 aromatic carbocycles. The van der Waals surface area contributed by atoms with Crippen molar-refractivity contribution in [2.45, 2.75) is 24.0 Å². The van der Waals surface area contributed by atoms with Crippen LogP contribution in [0.1, 0.15) is 49.6 Å². The van der Waals surface area contributed by atoms with Crippen molar-refractivity contribution in [3.63, 3.8) is 0 Å². The van der Waals surface area contributed by atoms with Gasteiger partial charge in [0, 0.05) is 27.4 Å². The van der Waals surface area contributed by atoms with Gasteiger partial charge in [-0.3, -0.25) is 19.2 Å². The number of hydrogen-bond donors (Lipinski definition) is 3. The molecule has 0 heterocycles. The summed E-state index contributed by atoms with van der Waals surface area (Å²) >= 11 is 1.37. The van der Waals surface area contributed by atoms with Gasteiger partial charge in [0.05, 0.1) is 0 Å². The zero-order valence-electron chi connectivity index (χ0n) is 25.9. The van der Waals surface area contributed by atoms with Gasteiger partial charge in [0.1, 0.15) is 10.9 Å². The third-order valence-electron chi connectivity index (χ3n) is 7.15. The molecular weight excluding hydrogens is 607 g/mol. The number of aryl methyl sites for hydroxylation is 1. The van der Waals surface area contributed by atoms with E-state index < -0.39 is 17.1 Å². The van der Waals surface area contributed by atoms with Gasteiger partial charge >= 0.3 is 0 Å². The van der Waals surface area contributed by atoms with Crippen LogP contribution < -0.4 is 16.0 Å². The quantitative estimate of drug-likeness (QED) is 0.0770. The summed E-state index contributed by atoms with van der Waals surface area (Å²) in [5.74, 6) is -1.13. The third-order valence-corrected chi connectivity index (χ3v) is 8.41. The topological polar surface area (TPSA) is 104 Å². The highest BCUT2D eigenvalue weighted by Crippen LogP contribution is 2.37. The number of rotatable bonds is 11. The number of Topliss-reactive ketones (excluding diaryl/α,β-unsaturated/α-hetero) is 1. The molecule has 0 fully saturated rings. The lowest BCUT2D eigenvalue weighted by atomic mass is 10.1. The number of thioether (sulfide) groups is 1. The Morgan fingerprint density at radius 2 is 1.28 bits per heavy atom. The van der Waals surface area contributed by atoms with Crippen LogP contribution in [0.25, 0.3) is 6.08 Å². The van der Waals surface area contributed by atoms with Gasteiger partial charge in [-0.25, -0.2) is 0 Å². The number of amides is 3. The Balaban J connectivity index is 1.32. The smallest absolute Gasteiger partial charge is 0.272 e. The average Bonchev–Trinajstić information content (AvgIpc) is 3.08. The molecule has 0 aliphatic carbocycles. The number of benzene rings is 5. The van der Waals surface area contributed by atoms with Crippen molar-refractivity contribution in [3.05, 3.63) is 167 Å². The fourth-order valence-corrected chi connectivity index (χ4v) is 5.74. The average molecular weight is 640 g/mol. The van der Waals surface area contributed by atoms with Gasteiger partial charge in [0.15, 0.2) is 5.78 Å². The Kier molecular flexibility index (Phi) is 10.8. The number of hydrogen-bond acceptors (Lipinski definition) is 5. The first-order valence-electron chi connectivity index (χ1n) is 14.9. The van der Waals surface area contributed by atoms with Gasteiger partial charge < -0.3 is 16.0 Å². The second-order valence-corrected chi connectivity index (χ2v) is 12.0. The third kappa shape index (κ3) is 9.15. The van der Waals surface area contributed by atoms with E-state index in [0.717, 1.165) is 21.6 Å². The van der Waals surface area contributed by atoms with Crippen LogP contribution in [0.15, 0.2) is 144 Å². The molecule has 1 atom stereocenters. The first kappa shape index (κ1) is 32.7. The fourth-order valence-electron chi connectivity index (χ4n) is 4.72. The van der Waals surface area contributed by atoms with Crippen molar-refractivity contribution in [1.82, 2.24) is 5.32 Å². The minimum atomic E-state index is -0.568. The lowest BCUT2D eigenvalue weighted by Crippen LogP contribution is -2.30. The lowest BCUT2D eigenvalue weighted by molar-refractivity contribution is -0.116. The monoisotopic (exact) mass is 639 g/mol. The Bertz CT molecular complexity index is 1910. The van der Waals surface area contributed by atoms with E-state index in [1.165, 1.54) is 18.7 Å². The number of carbonyl (C=O) groups is 4. The summed E-state index contributed by atoms with van der Waals surface area (Å²) < 4.78 is 0. The zero-order chi connectivity index (χ0) is 33.2. The van der Waals surface area contributed by atoms with Crippen LogP contribution >= 0.6 is 11.8 Å². The highest BCUT2D eigenvalue weighted by Gasteiger charge is 2.23. The van der Waals surface area contributed by atoms with Gasteiger partial charge in [0.25, 0.3) is 11.8 Å². The predicted octanol–water partition coefficient (Wildman–Crippen LogP) is 8.08. The normalized spacial score (nSPS) is 11.7. The van der Waals surface area contributed by atoms with E-state index in [1.54, 1.807) is 66.7 Å². The number of anilines is 2. The molecule has 0 aliphatic rings. The second kappa shape index (κ2) is 15.5. The number of carbonyl (C=O) groups excluding carboxylic acids is 4. The predicted molar refractivity (Wildman–Crippen MR) is 188 cm³/mol. The van der Waals surface area contributed by atoms with E-state index >= 15 is 0 Å². The molecule has 0 aliphatic heterocycles. The molecule has 0 aromatic heterocycles. The van der Waals surface area contributed by atoms with Crippen LogP contribution in [0.2, 0.25) is 0 Å². The fraction of sp³-hybridized carbons (Fsp3) is 0.0769. The summed E-state index contributed by atoms with van der Waals surface area (Å²) in [5, 5.41) is 8.03. The van der Waals surface area contributed by atoms with Crippen molar-refractivity contribution in [2.75, 3.05) is 10.6 Å². The first-order chi connectivity index (χ1) is 22.7. The molecule has 7 nitrogen and oxygen atoms in total. The van der Waals surface area contributed by atoms with Crippen molar-refractivity contribution in [1.29, 1.82) is 0 Å². The molecule has 0 spiro atoms. The lowest BCUT2D eigenvalue weighted by Gasteiger charge is -2.18. The highest BCUT2D eigenvalue weighted by atomic mass is 32.2. The Morgan fingerprint density at radius 1 is 0.660 bits per heavy atom. The maximum absolute atomic E-state index is 13.5. The summed E-state index contributed by atoms with van der Waals surface area (Å²) in [6.45, 7) is 3.45. The van der Waals surface area contributed by atoms with Gasteiger partial charge in [0.2, 0.25) is 5.91 Å². The Hall–Kier alpha value is -5.73. The molecule has 0 saturated carbocycles. The largest absolute Gasteiger partial charge is 0.325 e. The molecule has 3 amide bonds. The number of nitrogens with one attached hydrogen (secondary N) is 3. The van der Waals surface area contributed by atoms with Crippen molar-refractivity contribution < 1.29 is 19.2 Å². The molecule has 8 heteroatoms.